The highest BCUT2D eigenvalue weighted by molar-refractivity contribution is 6.33. The van der Waals surface area contributed by atoms with Crippen LogP contribution in [0.25, 0.3) is 11.5 Å². The maximum absolute atomic E-state index is 6.17. The van der Waals surface area contributed by atoms with E-state index in [1.54, 1.807) is 0 Å². The second kappa shape index (κ2) is 7.75. The number of aromatic nitrogens is 2. The second-order valence-corrected chi connectivity index (χ2v) is 6.87. The molecule has 1 heterocycles. The first-order valence-electron chi connectivity index (χ1n) is 7.75. The predicted molar refractivity (Wildman–Crippen MR) is 89.7 cm³/mol. The van der Waals surface area contributed by atoms with Gasteiger partial charge in [0.25, 0.3) is 0 Å². The van der Waals surface area contributed by atoms with Gasteiger partial charge in [0.1, 0.15) is 0 Å². The Morgan fingerprint density at radius 3 is 2.27 bits per heavy atom. The van der Waals surface area contributed by atoms with Crippen molar-refractivity contribution in [3.8, 4) is 11.5 Å². The predicted octanol–water partition coefficient (Wildman–Crippen LogP) is 4.50. The van der Waals surface area contributed by atoms with Gasteiger partial charge in [0.2, 0.25) is 11.8 Å². The lowest BCUT2D eigenvalue weighted by molar-refractivity contribution is 0.194. The molecular weight excluding hydrogens is 298 g/mol. The fourth-order valence-corrected chi connectivity index (χ4v) is 2.71. The molecule has 2 aromatic rings. The number of hydrogen-bond acceptors (Lipinski definition) is 4. The van der Waals surface area contributed by atoms with Gasteiger partial charge in [-0.05, 0) is 24.0 Å². The fraction of sp³-hybridized carbons (Fsp3) is 0.529. The molecule has 0 bridgehead atoms. The van der Waals surface area contributed by atoms with Gasteiger partial charge in [-0.15, -0.1) is 10.2 Å². The van der Waals surface area contributed by atoms with Crippen molar-refractivity contribution in [3.63, 3.8) is 0 Å². The highest BCUT2D eigenvalue weighted by Crippen LogP contribution is 2.26. The Balaban J connectivity index is 2.11. The summed E-state index contributed by atoms with van der Waals surface area (Å²) in [6.45, 7) is 11.6. The van der Waals surface area contributed by atoms with Crippen LogP contribution in [0.4, 0.5) is 0 Å². The Hall–Kier alpha value is -1.39. The number of halogens is 1. The van der Waals surface area contributed by atoms with E-state index in [2.05, 4.69) is 42.8 Å². The van der Waals surface area contributed by atoms with Gasteiger partial charge in [0.15, 0.2) is 0 Å². The lowest BCUT2D eigenvalue weighted by atomic mass is 10.1. The van der Waals surface area contributed by atoms with Gasteiger partial charge >= 0.3 is 0 Å². The zero-order valence-corrected chi connectivity index (χ0v) is 14.5. The maximum Gasteiger partial charge on any atom is 0.249 e. The smallest absolute Gasteiger partial charge is 0.249 e. The molecule has 0 aliphatic carbocycles. The van der Waals surface area contributed by atoms with Crippen LogP contribution in [-0.2, 0) is 6.54 Å². The molecule has 1 aromatic heterocycles. The molecule has 0 amide bonds. The molecule has 1 aromatic carbocycles. The molecule has 22 heavy (non-hydrogen) atoms. The van der Waals surface area contributed by atoms with E-state index in [9.17, 15) is 0 Å². The molecule has 4 nitrogen and oxygen atoms in total. The van der Waals surface area contributed by atoms with Crippen LogP contribution >= 0.6 is 11.6 Å². The number of nitrogens with zero attached hydrogens (tertiary/aromatic N) is 3. The van der Waals surface area contributed by atoms with Crippen molar-refractivity contribution in [2.45, 2.75) is 34.2 Å². The van der Waals surface area contributed by atoms with Crippen LogP contribution in [0.15, 0.2) is 28.7 Å². The highest BCUT2D eigenvalue weighted by atomic mass is 35.5. The molecule has 120 valence electrons. The first-order valence-corrected chi connectivity index (χ1v) is 8.13. The zero-order valence-electron chi connectivity index (χ0n) is 13.7. The average Bonchev–Trinajstić information content (AvgIpc) is 2.86. The molecule has 0 aliphatic heterocycles. The van der Waals surface area contributed by atoms with Crippen molar-refractivity contribution in [2.24, 2.45) is 11.8 Å². The highest BCUT2D eigenvalue weighted by Gasteiger charge is 2.16. The summed E-state index contributed by atoms with van der Waals surface area (Å²) in [5.74, 6) is 2.32. The zero-order chi connectivity index (χ0) is 16.1. The van der Waals surface area contributed by atoms with Gasteiger partial charge < -0.3 is 4.42 Å². The third-order valence-electron chi connectivity index (χ3n) is 3.18. The number of hydrogen-bond donors (Lipinski definition) is 0. The molecule has 0 saturated carbocycles. The average molecular weight is 322 g/mol. The van der Waals surface area contributed by atoms with E-state index >= 15 is 0 Å². The summed E-state index contributed by atoms with van der Waals surface area (Å²) in [4.78, 5) is 2.36. The van der Waals surface area contributed by atoms with Crippen molar-refractivity contribution in [2.75, 3.05) is 13.1 Å². The first-order chi connectivity index (χ1) is 10.5. The lowest BCUT2D eigenvalue weighted by Gasteiger charge is -2.24. The maximum atomic E-state index is 6.17. The standard InChI is InChI=1S/C17H24ClN3O/c1-12(2)9-21(10-13(3)4)11-16-19-20-17(22-16)14-7-5-6-8-15(14)18/h5-8,12-13H,9-11H2,1-4H3. The van der Waals surface area contributed by atoms with E-state index in [0.29, 0.717) is 35.2 Å². The molecule has 2 rings (SSSR count). The van der Waals surface area contributed by atoms with Gasteiger partial charge in [0, 0.05) is 13.1 Å². The number of rotatable bonds is 7. The van der Waals surface area contributed by atoms with E-state index < -0.39 is 0 Å². The Morgan fingerprint density at radius 1 is 1.05 bits per heavy atom. The third kappa shape index (κ3) is 4.82. The lowest BCUT2D eigenvalue weighted by Crippen LogP contribution is -2.31. The van der Waals surface area contributed by atoms with Crippen molar-refractivity contribution >= 4 is 11.6 Å². The van der Waals surface area contributed by atoms with E-state index in [1.165, 1.54) is 0 Å². The molecule has 0 saturated heterocycles. The van der Waals surface area contributed by atoms with Gasteiger partial charge in [-0.3, -0.25) is 4.90 Å². The van der Waals surface area contributed by atoms with E-state index in [-0.39, 0.29) is 0 Å². The van der Waals surface area contributed by atoms with Crippen LogP contribution in [0, 0.1) is 11.8 Å². The summed E-state index contributed by atoms with van der Waals surface area (Å²) in [5, 5.41) is 8.93. The van der Waals surface area contributed by atoms with Crippen LogP contribution in [0.5, 0.6) is 0 Å². The molecule has 0 aliphatic rings. The third-order valence-corrected chi connectivity index (χ3v) is 3.51. The summed E-state index contributed by atoms with van der Waals surface area (Å²) in [6.07, 6.45) is 0. The minimum atomic E-state index is 0.481. The first kappa shape index (κ1) is 17.0. The van der Waals surface area contributed by atoms with Crippen molar-refractivity contribution < 1.29 is 4.42 Å². The minimum absolute atomic E-state index is 0.481. The topological polar surface area (TPSA) is 42.2 Å². The van der Waals surface area contributed by atoms with Crippen LogP contribution in [0.3, 0.4) is 0 Å². The van der Waals surface area contributed by atoms with E-state index in [4.69, 9.17) is 16.0 Å². The molecule has 0 N–H and O–H groups in total. The Kier molecular flexibility index (Phi) is 5.98. The second-order valence-electron chi connectivity index (χ2n) is 6.46. The summed E-state index contributed by atoms with van der Waals surface area (Å²) in [7, 11) is 0. The molecule has 0 unspecified atom stereocenters. The summed E-state index contributed by atoms with van der Waals surface area (Å²) < 4.78 is 5.80. The van der Waals surface area contributed by atoms with Crippen molar-refractivity contribution in [1.82, 2.24) is 15.1 Å². The van der Waals surface area contributed by atoms with Gasteiger partial charge in [0.05, 0.1) is 17.1 Å². The van der Waals surface area contributed by atoms with Crippen molar-refractivity contribution in [3.05, 3.63) is 35.2 Å². The SMILES string of the molecule is CC(C)CN(Cc1nnc(-c2ccccc2Cl)o1)CC(C)C. The van der Waals surface area contributed by atoms with Crippen molar-refractivity contribution in [1.29, 1.82) is 0 Å². The Labute approximate surface area is 137 Å². The quantitative estimate of drug-likeness (QED) is 0.752. The summed E-state index contributed by atoms with van der Waals surface area (Å²) in [6, 6.07) is 7.51. The Morgan fingerprint density at radius 2 is 1.68 bits per heavy atom. The van der Waals surface area contributed by atoms with Gasteiger partial charge in [-0.25, -0.2) is 0 Å². The minimum Gasteiger partial charge on any atom is -0.419 e. The summed E-state index contributed by atoms with van der Waals surface area (Å²) >= 11 is 6.17. The van der Waals surface area contributed by atoms with Gasteiger partial charge in [-0.2, -0.15) is 0 Å². The molecule has 5 heteroatoms. The molecule has 0 fully saturated rings. The number of benzene rings is 1. The van der Waals surface area contributed by atoms with Crippen LogP contribution < -0.4 is 0 Å². The normalized spacial score (nSPS) is 11.8. The van der Waals surface area contributed by atoms with E-state index in [1.807, 2.05) is 24.3 Å². The van der Waals surface area contributed by atoms with Gasteiger partial charge in [-0.1, -0.05) is 51.4 Å². The molecular formula is C17H24ClN3O. The van der Waals surface area contributed by atoms with E-state index in [0.717, 1.165) is 18.7 Å². The van der Waals surface area contributed by atoms with Crippen LogP contribution in [0.2, 0.25) is 5.02 Å². The Bertz CT molecular complexity index is 585. The monoisotopic (exact) mass is 321 g/mol. The van der Waals surface area contributed by atoms with Crippen LogP contribution in [0.1, 0.15) is 33.6 Å². The molecule has 0 radical (unpaired) electrons. The molecule has 0 atom stereocenters. The largest absolute Gasteiger partial charge is 0.419 e. The fourth-order valence-electron chi connectivity index (χ4n) is 2.49. The molecule has 0 spiro atoms. The summed E-state index contributed by atoms with van der Waals surface area (Å²) in [5.41, 5.74) is 0.780. The van der Waals surface area contributed by atoms with Crippen LogP contribution in [-0.4, -0.2) is 28.2 Å².